The molecule has 126 valence electrons. The third kappa shape index (κ3) is 4.87. The van der Waals surface area contributed by atoms with Gasteiger partial charge in [-0.25, -0.2) is 0 Å². The van der Waals surface area contributed by atoms with Gasteiger partial charge < -0.3 is 15.4 Å². The largest absolute Gasteiger partial charge is 0.383 e. The highest BCUT2D eigenvalue weighted by Crippen LogP contribution is 2.20. The predicted molar refractivity (Wildman–Crippen MR) is 95.3 cm³/mol. The summed E-state index contributed by atoms with van der Waals surface area (Å²) in [5, 5.41) is 5.51. The summed E-state index contributed by atoms with van der Waals surface area (Å²) in [5.74, 6) is -0.617. The van der Waals surface area contributed by atoms with Gasteiger partial charge in [0.15, 0.2) is 0 Å². The van der Waals surface area contributed by atoms with E-state index >= 15 is 0 Å². The molecular formula is C17H18BrN3O3. The van der Waals surface area contributed by atoms with E-state index in [-0.39, 0.29) is 11.8 Å². The number of carbonyl (C=O) groups excluding carboxylic acids is 2. The van der Waals surface area contributed by atoms with E-state index in [1.54, 1.807) is 7.11 Å². The van der Waals surface area contributed by atoms with Crippen molar-refractivity contribution < 1.29 is 14.3 Å². The lowest BCUT2D eigenvalue weighted by Crippen LogP contribution is -2.27. The lowest BCUT2D eigenvalue weighted by Gasteiger charge is -2.09. The first kappa shape index (κ1) is 18.1. The maximum absolute atomic E-state index is 12.4. The fourth-order valence-corrected chi connectivity index (χ4v) is 2.49. The Labute approximate surface area is 148 Å². The van der Waals surface area contributed by atoms with Crippen LogP contribution >= 0.6 is 15.9 Å². The van der Waals surface area contributed by atoms with Crippen LogP contribution in [0.25, 0.3) is 0 Å². The maximum Gasteiger partial charge on any atom is 0.257 e. The Morgan fingerprint density at radius 1 is 1.17 bits per heavy atom. The molecule has 1 heterocycles. The smallest absolute Gasteiger partial charge is 0.257 e. The number of rotatable bonds is 6. The summed E-state index contributed by atoms with van der Waals surface area (Å²) in [7, 11) is 1.56. The van der Waals surface area contributed by atoms with Crippen LogP contribution in [0.4, 0.5) is 5.69 Å². The third-order valence-corrected chi connectivity index (χ3v) is 3.78. The molecule has 0 saturated carbocycles. The number of ether oxygens (including phenoxy) is 1. The van der Waals surface area contributed by atoms with Crippen molar-refractivity contribution in [1.82, 2.24) is 10.3 Å². The number of nitrogens with zero attached hydrogens (tertiary/aromatic N) is 1. The standard InChI is InChI=1S/C17H18BrN3O3/c1-11-7-14(18)3-4-15(11)21-17(23)13-8-12(9-19-10-13)16(22)20-5-6-24-2/h3-4,7-10H,5-6H2,1-2H3,(H,20,22)(H,21,23). The molecule has 0 aliphatic carbocycles. The number of aromatic nitrogens is 1. The van der Waals surface area contributed by atoms with Crippen molar-refractivity contribution in [3.05, 3.63) is 57.8 Å². The van der Waals surface area contributed by atoms with E-state index < -0.39 is 0 Å². The molecule has 2 rings (SSSR count). The van der Waals surface area contributed by atoms with Gasteiger partial charge in [-0.05, 0) is 36.8 Å². The second kappa shape index (κ2) is 8.56. The Kier molecular flexibility index (Phi) is 6.45. The number of carbonyl (C=O) groups is 2. The Morgan fingerprint density at radius 2 is 1.88 bits per heavy atom. The van der Waals surface area contributed by atoms with Crippen LogP contribution in [0.1, 0.15) is 26.3 Å². The average Bonchev–Trinajstić information content (AvgIpc) is 2.57. The molecule has 0 atom stereocenters. The van der Waals surface area contributed by atoms with E-state index in [1.165, 1.54) is 18.5 Å². The van der Waals surface area contributed by atoms with Crippen LogP contribution in [0.3, 0.4) is 0 Å². The summed E-state index contributed by atoms with van der Waals surface area (Å²) >= 11 is 3.38. The predicted octanol–water partition coefficient (Wildman–Crippen LogP) is 2.78. The van der Waals surface area contributed by atoms with Gasteiger partial charge in [0.05, 0.1) is 17.7 Å². The van der Waals surface area contributed by atoms with Gasteiger partial charge in [0.1, 0.15) is 0 Å². The van der Waals surface area contributed by atoms with Crippen molar-refractivity contribution >= 4 is 33.4 Å². The number of hydrogen-bond acceptors (Lipinski definition) is 4. The minimum Gasteiger partial charge on any atom is -0.383 e. The summed E-state index contributed by atoms with van der Waals surface area (Å²) in [6.07, 6.45) is 2.85. The van der Waals surface area contributed by atoms with Crippen molar-refractivity contribution in [2.24, 2.45) is 0 Å². The van der Waals surface area contributed by atoms with Crippen molar-refractivity contribution in [1.29, 1.82) is 0 Å². The summed E-state index contributed by atoms with van der Waals surface area (Å²) in [4.78, 5) is 28.3. The van der Waals surface area contributed by atoms with Crippen LogP contribution < -0.4 is 10.6 Å². The fourth-order valence-electron chi connectivity index (χ4n) is 2.02. The number of amides is 2. The molecule has 0 aliphatic heterocycles. The fraction of sp³-hybridized carbons (Fsp3) is 0.235. The van der Waals surface area contributed by atoms with Crippen molar-refractivity contribution in [2.75, 3.05) is 25.6 Å². The Balaban J connectivity index is 2.09. The second-order valence-corrected chi connectivity index (χ2v) is 6.04. The zero-order chi connectivity index (χ0) is 17.5. The van der Waals surface area contributed by atoms with Crippen LogP contribution in [0.5, 0.6) is 0 Å². The summed E-state index contributed by atoms with van der Waals surface area (Å²) in [6, 6.07) is 7.08. The normalized spacial score (nSPS) is 10.3. The Hall–Kier alpha value is -2.25. The van der Waals surface area contributed by atoms with Crippen molar-refractivity contribution in [2.45, 2.75) is 6.92 Å². The van der Waals surface area contributed by atoms with Gasteiger partial charge in [-0.3, -0.25) is 14.6 Å². The zero-order valence-corrected chi connectivity index (χ0v) is 15.0. The molecule has 7 heteroatoms. The number of anilines is 1. The molecule has 0 aliphatic rings. The summed E-state index contributed by atoms with van der Waals surface area (Å²) in [5.41, 5.74) is 2.28. The number of benzene rings is 1. The number of aryl methyl sites for hydroxylation is 1. The van der Waals surface area contributed by atoms with E-state index in [2.05, 4.69) is 31.5 Å². The molecule has 6 nitrogen and oxygen atoms in total. The van der Waals surface area contributed by atoms with Crippen LogP contribution in [0, 0.1) is 6.92 Å². The molecular weight excluding hydrogens is 374 g/mol. The molecule has 2 N–H and O–H groups in total. The molecule has 1 aromatic heterocycles. The van der Waals surface area contributed by atoms with E-state index in [0.717, 1.165) is 10.0 Å². The quantitative estimate of drug-likeness (QED) is 0.741. The van der Waals surface area contributed by atoms with Crippen molar-refractivity contribution in [3.8, 4) is 0 Å². The van der Waals surface area contributed by atoms with E-state index in [9.17, 15) is 9.59 Å². The Morgan fingerprint density at radius 3 is 2.54 bits per heavy atom. The van der Waals surface area contributed by atoms with Gasteiger partial charge in [-0.2, -0.15) is 0 Å². The molecule has 0 fully saturated rings. The van der Waals surface area contributed by atoms with Crippen LogP contribution in [0.2, 0.25) is 0 Å². The van der Waals surface area contributed by atoms with Gasteiger partial charge in [0.25, 0.3) is 11.8 Å². The SMILES string of the molecule is COCCNC(=O)c1cncc(C(=O)Nc2ccc(Br)cc2C)c1. The highest BCUT2D eigenvalue weighted by Gasteiger charge is 2.12. The van der Waals surface area contributed by atoms with Gasteiger partial charge in [0.2, 0.25) is 0 Å². The van der Waals surface area contributed by atoms with Gasteiger partial charge in [-0.1, -0.05) is 15.9 Å². The average molecular weight is 392 g/mol. The van der Waals surface area contributed by atoms with E-state index in [4.69, 9.17) is 4.74 Å². The Bertz CT molecular complexity index is 750. The lowest BCUT2D eigenvalue weighted by atomic mass is 10.1. The summed E-state index contributed by atoms with van der Waals surface area (Å²) in [6.45, 7) is 2.71. The molecule has 0 bridgehead atoms. The third-order valence-electron chi connectivity index (χ3n) is 3.29. The minimum absolute atomic E-state index is 0.297. The summed E-state index contributed by atoms with van der Waals surface area (Å²) < 4.78 is 5.82. The zero-order valence-electron chi connectivity index (χ0n) is 13.4. The topological polar surface area (TPSA) is 80.3 Å². The van der Waals surface area contributed by atoms with Crippen LogP contribution in [-0.4, -0.2) is 37.1 Å². The molecule has 0 saturated heterocycles. The number of methoxy groups -OCH3 is 1. The minimum atomic E-state index is -0.320. The highest BCUT2D eigenvalue weighted by molar-refractivity contribution is 9.10. The van der Waals surface area contributed by atoms with Gasteiger partial charge in [0, 0.05) is 36.2 Å². The van der Waals surface area contributed by atoms with Crippen molar-refractivity contribution in [3.63, 3.8) is 0 Å². The molecule has 0 unspecified atom stereocenters. The van der Waals surface area contributed by atoms with E-state index in [1.807, 2.05) is 25.1 Å². The molecule has 2 amide bonds. The maximum atomic E-state index is 12.4. The highest BCUT2D eigenvalue weighted by atomic mass is 79.9. The molecule has 0 radical (unpaired) electrons. The van der Waals surface area contributed by atoms with Crippen LogP contribution in [-0.2, 0) is 4.74 Å². The number of nitrogens with one attached hydrogen (secondary N) is 2. The molecule has 0 spiro atoms. The molecule has 2 aromatic rings. The second-order valence-electron chi connectivity index (χ2n) is 5.12. The number of pyridine rings is 1. The lowest BCUT2D eigenvalue weighted by molar-refractivity contribution is 0.0936. The number of hydrogen-bond donors (Lipinski definition) is 2. The monoisotopic (exact) mass is 391 g/mol. The van der Waals surface area contributed by atoms with Crippen LogP contribution in [0.15, 0.2) is 41.1 Å². The van der Waals surface area contributed by atoms with Gasteiger partial charge in [-0.15, -0.1) is 0 Å². The first-order valence-corrected chi connectivity index (χ1v) is 8.10. The van der Waals surface area contributed by atoms with Gasteiger partial charge >= 0.3 is 0 Å². The first-order valence-electron chi connectivity index (χ1n) is 7.31. The molecule has 1 aromatic carbocycles. The molecule has 24 heavy (non-hydrogen) atoms. The first-order chi connectivity index (χ1) is 11.5. The van der Waals surface area contributed by atoms with E-state index in [0.29, 0.717) is 30.0 Å². The number of halogens is 1.